The van der Waals surface area contributed by atoms with Crippen LogP contribution in [-0.2, 0) is 10.0 Å². The zero-order valence-corrected chi connectivity index (χ0v) is 18.8. The third kappa shape index (κ3) is 5.37. The molecule has 32 heavy (non-hydrogen) atoms. The predicted molar refractivity (Wildman–Crippen MR) is 123 cm³/mol. The molecular weight excluding hydrogens is 430 g/mol. The van der Waals surface area contributed by atoms with E-state index in [1.165, 1.54) is 11.4 Å². The largest absolute Gasteiger partial charge is 0.341 e. The van der Waals surface area contributed by atoms with E-state index in [1.54, 1.807) is 68.7 Å². The van der Waals surface area contributed by atoms with Gasteiger partial charge in [-0.1, -0.05) is 19.9 Å². The van der Waals surface area contributed by atoms with E-state index in [0.717, 1.165) is 5.56 Å². The summed E-state index contributed by atoms with van der Waals surface area (Å²) >= 11 is 0. The quantitative estimate of drug-likeness (QED) is 0.476. The van der Waals surface area contributed by atoms with Crippen LogP contribution in [0, 0.1) is 0 Å². The number of nitrogens with zero attached hydrogens (tertiary/aromatic N) is 4. The second kappa shape index (κ2) is 10.2. The van der Waals surface area contributed by atoms with Crippen LogP contribution >= 0.6 is 0 Å². The maximum atomic E-state index is 12.8. The first kappa shape index (κ1) is 23.1. The molecule has 0 atom stereocenters. The monoisotopic (exact) mass is 455 g/mol. The van der Waals surface area contributed by atoms with Crippen LogP contribution in [-0.4, -0.2) is 53.8 Å². The zero-order chi connectivity index (χ0) is 23.1. The molecule has 168 valence electrons. The normalized spacial score (nSPS) is 11.2. The van der Waals surface area contributed by atoms with Crippen molar-refractivity contribution in [2.75, 3.05) is 30.8 Å². The lowest BCUT2D eigenvalue weighted by Gasteiger charge is -2.18. The Bertz CT molecular complexity index is 1200. The molecule has 2 aromatic heterocycles. The van der Waals surface area contributed by atoms with Gasteiger partial charge in [-0.15, -0.1) is 0 Å². The topological polar surface area (TPSA) is 129 Å². The van der Waals surface area contributed by atoms with Crippen molar-refractivity contribution in [3.8, 4) is 11.3 Å². The highest BCUT2D eigenvalue weighted by Gasteiger charge is 2.21. The molecule has 0 bridgehead atoms. The van der Waals surface area contributed by atoms with Gasteiger partial charge >= 0.3 is 6.03 Å². The van der Waals surface area contributed by atoms with Gasteiger partial charge in [0.2, 0.25) is 16.0 Å². The van der Waals surface area contributed by atoms with Crippen LogP contribution in [0.4, 0.5) is 22.2 Å². The Hall–Kier alpha value is -3.57. The van der Waals surface area contributed by atoms with Gasteiger partial charge in [-0.2, -0.15) is 4.31 Å². The number of rotatable bonds is 8. The summed E-state index contributed by atoms with van der Waals surface area (Å²) in [6, 6.07) is 11.3. The molecule has 0 saturated heterocycles. The Morgan fingerprint density at radius 1 is 1.03 bits per heavy atom. The van der Waals surface area contributed by atoms with E-state index in [2.05, 4.69) is 30.9 Å². The number of sulfonamides is 1. The molecule has 10 nitrogen and oxygen atoms in total. The molecular formula is C21H25N7O3S. The number of benzene rings is 1. The van der Waals surface area contributed by atoms with E-state index in [0.29, 0.717) is 36.2 Å². The molecule has 0 saturated carbocycles. The van der Waals surface area contributed by atoms with Gasteiger partial charge in [-0.25, -0.2) is 28.2 Å². The zero-order valence-electron chi connectivity index (χ0n) is 18.0. The third-order valence-electron chi connectivity index (χ3n) is 4.61. The van der Waals surface area contributed by atoms with Crippen LogP contribution in [0.15, 0.2) is 59.8 Å². The lowest BCUT2D eigenvalue weighted by molar-refractivity contribution is 0.254. The smallest absolute Gasteiger partial charge is 0.320 e. The van der Waals surface area contributed by atoms with Gasteiger partial charge in [0, 0.05) is 43.8 Å². The van der Waals surface area contributed by atoms with Gasteiger partial charge in [0.15, 0.2) is 0 Å². The van der Waals surface area contributed by atoms with Crippen molar-refractivity contribution in [2.24, 2.45) is 0 Å². The van der Waals surface area contributed by atoms with Gasteiger partial charge < -0.3 is 10.6 Å². The molecule has 0 spiro atoms. The highest BCUT2D eigenvalue weighted by atomic mass is 32.2. The fourth-order valence-electron chi connectivity index (χ4n) is 2.99. The number of carbonyl (C=O) groups excluding carboxylic acids is 1. The Morgan fingerprint density at radius 2 is 1.78 bits per heavy atom. The number of aromatic nitrogens is 3. The molecule has 11 heteroatoms. The van der Waals surface area contributed by atoms with Crippen LogP contribution in [0.1, 0.15) is 13.8 Å². The molecule has 3 rings (SSSR count). The average molecular weight is 456 g/mol. The molecule has 0 unspecified atom stereocenters. The van der Waals surface area contributed by atoms with E-state index in [9.17, 15) is 13.2 Å². The number of hydrogen-bond donors (Lipinski definition) is 3. The number of amides is 2. The van der Waals surface area contributed by atoms with Crippen LogP contribution < -0.4 is 16.0 Å². The maximum Gasteiger partial charge on any atom is 0.320 e. The van der Waals surface area contributed by atoms with E-state index >= 15 is 0 Å². The summed E-state index contributed by atoms with van der Waals surface area (Å²) in [6.45, 7) is 4.39. The number of anilines is 3. The average Bonchev–Trinajstić information content (AvgIpc) is 2.80. The maximum absolute atomic E-state index is 12.8. The lowest BCUT2D eigenvalue weighted by atomic mass is 10.2. The predicted octanol–water partition coefficient (Wildman–Crippen LogP) is 3.06. The molecule has 0 fully saturated rings. The van der Waals surface area contributed by atoms with Crippen molar-refractivity contribution in [1.82, 2.24) is 24.6 Å². The number of pyridine rings is 1. The van der Waals surface area contributed by atoms with E-state index in [4.69, 9.17) is 0 Å². The molecule has 0 aliphatic heterocycles. The van der Waals surface area contributed by atoms with Gasteiger partial charge in [0.25, 0.3) is 0 Å². The van der Waals surface area contributed by atoms with Crippen molar-refractivity contribution < 1.29 is 13.2 Å². The van der Waals surface area contributed by atoms with Crippen LogP contribution in [0.5, 0.6) is 0 Å². The van der Waals surface area contributed by atoms with Crippen LogP contribution in [0.3, 0.4) is 0 Å². The number of urea groups is 1. The first-order valence-electron chi connectivity index (χ1n) is 10.0. The first-order valence-corrected chi connectivity index (χ1v) is 11.5. The van der Waals surface area contributed by atoms with Gasteiger partial charge in [-0.05, 0) is 36.4 Å². The number of carbonyl (C=O) groups is 1. The Kier molecular flexibility index (Phi) is 7.33. The van der Waals surface area contributed by atoms with E-state index in [-0.39, 0.29) is 10.9 Å². The molecule has 0 aliphatic rings. The SMILES string of the molecule is CCN(CC)S(=O)(=O)c1cccc(Nc2nccc(-c3ccnc(NC(=O)NC)c3)n2)c1. The summed E-state index contributed by atoms with van der Waals surface area (Å²) in [6.07, 6.45) is 3.16. The molecule has 2 amide bonds. The second-order valence-corrected chi connectivity index (χ2v) is 8.58. The summed E-state index contributed by atoms with van der Waals surface area (Å²) in [7, 11) is -2.06. The number of hydrogen-bond acceptors (Lipinski definition) is 7. The minimum atomic E-state index is -3.58. The summed E-state index contributed by atoms with van der Waals surface area (Å²) in [5, 5.41) is 8.14. The second-order valence-electron chi connectivity index (χ2n) is 6.64. The van der Waals surface area contributed by atoms with Crippen LogP contribution in [0.25, 0.3) is 11.3 Å². The minimum Gasteiger partial charge on any atom is -0.341 e. The van der Waals surface area contributed by atoms with Crippen LogP contribution in [0.2, 0.25) is 0 Å². The summed E-state index contributed by atoms with van der Waals surface area (Å²) in [4.78, 5) is 24.6. The molecule has 2 heterocycles. The molecule has 1 aromatic carbocycles. The van der Waals surface area contributed by atoms with Gasteiger partial charge in [0.05, 0.1) is 10.6 Å². The van der Waals surface area contributed by atoms with Gasteiger partial charge in [0.1, 0.15) is 5.82 Å². The van der Waals surface area contributed by atoms with Crippen molar-refractivity contribution in [1.29, 1.82) is 0 Å². The summed E-state index contributed by atoms with van der Waals surface area (Å²) < 4.78 is 27.0. The van der Waals surface area contributed by atoms with Crippen molar-refractivity contribution >= 4 is 33.5 Å². The Morgan fingerprint density at radius 3 is 2.50 bits per heavy atom. The minimum absolute atomic E-state index is 0.196. The third-order valence-corrected chi connectivity index (χ3v) is 6.66. The van der Waals surface area contributed by atoms with Crippen molar-refractivity contribution in [2.45, 2.75) is 18.7 Å². The molecule has 3 N–H and O–H groups in total. The fourth-order valence-corrected chi connectivity index (χ4v) is 4.50. The number of nitrogens with one attached hydrogen (secondary N) is 3. The highest BCUT2D eigenvalue weighted by molar-refractivity contribution is 7.89. The molecule has 0 radical (unpaired) electrons. The highest BCUT2D eigenvalue weighted by Crippen LogP contribution is 2.23. The van der Waals surface area contributed by atoms with E-state index in [1.807, 2.05) is 0 Å². The van der Waals surface area contributed by atoms with Crippen molar-refractivity contribution in [3.63, 3.8) is 0 Å². The standard InChI is InChI=1S/C21H25N7O3S/c1-4-28(5-2)32(30,31)17-8-6-7-16(14-17)25-20-24-12-10-18(26-20)15-9-11-23-19(13-15)27-21(29)22-3/h6-14H,4-5H2,1-3H3,(H,24,25,26)(H2,22,23,27,29). The Labute approximate surface area is 187 Å². The summed E-state index contributed by atoms with van der Waals surface area (Å²) in [5.74, 6) is 0.682. The first-order chi connectivity index (χ1) is 15.4. The fraction of sp³-hybridized carbons (Fsp3) is 0.238. The molecule has 0 aliphatic carbocycles. The van der Waals surface area contributed by atoms with Gasteiger partial charge in [-0.3, -0.25) is 5.32 Å². The lowest BCUT2D eigenvalue weighted by Crippen LogP contribution is -2.30. The summed E-state index contributed by atoms with van der Waals surface area (Å²) in [5.41, 5.74) is 1.89. The Balaban J connectivity index is 1.85. The van der Waals surface area contributed by atoms with E-state index < -0.39 is 10.0 Å². The van der Waals surface area contributed by atoms with Crippen molar-refractivity contribution in [3.05, 3.63) is 54.9 Å². The molecule has 3 aromatic rings.